The van der Waals surface area contributed by atoms with E-state index >= 15 is 0 Å². The third kappa shape index (κ3) is 6.26. The normalized spacial score (nSPS) is 19.3. The maximum atomic E-state index is 13.9. The third-order valence-corrected chi connectivity index (χ3v) is 5.75. The molecule has 0 saturated heterocycles. The lowest BCUT2D eigenvalue weighted by atomic mass is 9.87. The van der Waals surface area contributed by atoms with Crippen molar-refractivity contribution in [1.82, 2.24) is 24.4 Å². The van der Waals surface area contributed by atoms with Crippen molar-refractivity contribution in [3.63, 3.8) is 0 Å². The average Bonchev–Trinajstić information content (AvgIpc) is 3.33. The number of nitrogens with zero attached hydrogens (tertiary/aromatic N) is 5. The van der Waals surface area contributed by atoms with Gasteiger partial charge in [-0.2, -0.15) is 23.4 Å². The van der Waals surface area contributed by atoms with Crippen molar-refractivity contribution in [3.8, 4) is 0 Å². The van der Waals surface area contributed by atoms with Gasteiger partial charge >= 0.3 is 12.1 Å². The van der Waals surface area contributed by atoms with E-state index in [0.717, 1.165) is 0 Å². The molecule has 2 atom stereocenters. The smallest absolute Gasteiger partial charge is 0.475 e. The molecule has 0 aliphatic heterocycles. The Morgan fingerprint density at radius 2 is 2.00 bits per heavy atom. The second-order valence-corrected chi connectivity index (χ2v) is 8.58. The largest absolute Gasteiger partial charge is 0.490 e. The van der Waals surface area contributed by atoms with Gasteiger partial charge in [0.1, 0.15) is 11.4 Å². The predicted molar refractivity (Wildman–Crippen MR) is 120 cm³/mol. The maximum absolute atomic E-state index is 13.9. The second kappa shape index (κ2) is 10.3. The van der Waals surface area contributed by atoms with Crippen LogP contribution in [-0.2, 0) is 11.8 Å². The SMILES string of the molecule is Cn1cc(NC(=O)c2cnn3ccc(N[C@@H]4CCCC(F)(F)[C@@H]4N)nc23)c(Br)n1.O=C(O)C(F)(F)F. The number of aliphatic carboxylic acids is 1. The number of halogens is 6. The molecule has 1 fully saturated rings. The fourth-order valence-electron chi connectivity index (χ4n) is 3.39. The Labute approximate surface area is 208 Å². The number of carboxylic acids is 1. The van der Waals surface area contributed by atoms with Crippen molar-refractivity contribution < 1.29 is 36.6 Å². The van der Waals surface area contributed by atoms with E-state index < -0.39 is 36.1 Å². The summed E-state index contributed by atoms with van der Waals surface area (Å²) in [6, 6.07) is -0.302. The molecule has 1 aliphatic rings. The summed E-state index contributed by atoms with van der Waals surface area (Å²) in [4.78, 5) is 26.0. The van der Waals surface area contributed by atoms with Gasteiger partial charge in [0.05, 0.1) is 17.9 Å². The topological polar surface area (TPSA) is 152 Å². The van der Waals surface area contributed by atoms with Crippen LogP contribution in [0.4, 0.5) is 33.5 Å². The van der Waals surface area contributed by atoms with E-state index in [1.165, 1.54) is 10.7 Å². The minimum atomic E-state index is -5.08. The van der Waals surface area contributed by atoms with Gasteiger partial charge in [-0.05, 0) is 34.8 Å². The van der Waals surface area contributed by atoms with Gasteiger partial charge in [0.2, 0.25) is 0 Å². The van der Waals surface area contributed by atoms with E-state index in [1.54, 1.807) is 30.2 Å². The summed E-state index contributed by atoms with van der Waals surface area (Å²) in [6.07, 6.45) is 0.251. The van der Waals surface area contributed by atoms with Gasteiger partial charge in [0, 0.05) is 31.9 Å². The lowest BCUT2D eigenvalue weighted by Gasteiger charge is -2.36. The van der Waals surface area contributed by atoms with E-state index in [4.69, 9.17) is 15.6 Å². The van der Waals surface area contributed by atoms with Crippen LogP contribution in [0.25, 0.3) is 5.65 Å². The number of amides is 1. The minimum absolute atomic E-state index is 0.213. The Morgan fingerprint density at radius 1 is 1.33 bits per heavy atom. The number of carbonyl (C=O) groups is 2. The molecule has 196 valence electrons. The van der Waals surface area contributed by atoms with Gasteiger partial charge in [-0.15, -0.1) is 0 Å². The Hall–Kier alpha value is -3.34. The molecule has 0 radical (unpaired) electrons. The predicted octanol–water partition coefficient (Wildman–Crippen LogP) is 3.04. The molecule has 36 heavy (non-hydrogen) atoms. The number of aromatic nitrogens is 5. The number of carbonyl (C=O) groups excluding carboxylic acids is 1. The Bertz CT molecular complexity index is 1260. The fraction of sp³-hybridized carbons (Fsp3) is 0.421. The molecule has 0 unspecified atom stereocenters. The molecule has 5 N–H and O–H groups in total. The Balaban J connectivity index is 0.000000454. The number of alkyl halides is 5. The van der Waals surface area contributed by atoms with Crippen molar-refractivity contribution in [2.75, 3.05) is 10.6 Å². The molecule has 3 aromatic rings. The van der Waals surface area contributed by atoms with Crippen molar-refractivity contribution >= 4 is 45.0 Å². The van der Waals surface area contributed by atoms with E-state index in [9.17, 15) is 26.7 Å². The number of carboxylic acid groups (broad SMARTS) is 1. The number of hydrogen-bond acceptors (Lipinski definition) is 7. The van der Waals surface area contributed by atoms with Crippen LogP contribution >= 0.6 is 15.9 Å². The molecule has 1 amide bonds. The molecule has 11 nitrogen and oxygen atoms in total. The highest BCUT2D eigenvalue weighted by molar-refractivity contribution is 9.10. The fourth-order valence-corrected chi connectivity index (χ4v) is 3.85. The van der Waals surface area contributed by atoms with Crippen LogP contribution in [0.3, 0.4) is 0 Å². The summed E-state index contributed by atoms with van der Waals surface area (Å²) in [7, 11) is 1.73. The van der Waals surface area contributed by atoms with E-state index in [2.05, 4.69) is 41.7 Å². The highest BCUT2D eigenvalue weighted by Crippen LogP contribution is 2.33. The molecule has 1 saturated carbocycles. The molecular formula is C19H20BrF5N8O3. The molecule has 0 bridgehead atoms. The number of fused-ring (bicyclic) bond motifs is 1. The number of nitrogens with two attached hydrogens (primary N) is 1. The summed E-state index contributed by atoms with van der Waals surface area (Å²) >= 11 is 3.27. The van der Waals surface area contributed by atoms with Gasteiger partial charge in [0.25, 0.3) is 11.8 Å². The third-order valence-electron chi connectivity index (χ3n) is 5.17. The molecule has 17 heteroatoms. The molecule has 1 aliphatic carbocycles. The zero-order valence-electron chi connectivity index (χ0n) is 18.4. The molecule has 3 aromatic heterocycles. The molecule has 0 aromatic carbocycles. The van der Waals surface area contributed by atoms with Crippen LogP contribution in [0.5, 0.6) is 0 Å². The van der Waals surface area contributed by atoms with Crippen molar-refractivity contribution in [2.45, 2.75) is 43.4 Å². The first kappa shape index (κ1) is 27.3. The standard InChI is InChI=1S/C17H19BrF2N8O.C2HF3O2/c1-27-8-11(14(18)26-27)24-16(29)9-7-22-28-6-4-12(25-15(9)28)23-10-3-2-5-17(19,20)13(10)21;3-2(4,5)1(6)7/h4,6-8,10,13H,2-3,5,21H2,1H3,(H,23,25)(H,24,29);(H,6,7)/t10-,13-;/m1./s1. The minimum Gasteiger partial charge on any atom is -0.475 e. The van der Waals surface area contributed by atoms with Crippen molar-refractivity contribution in [3.05, 3.63) is 34.8 Å². The summed E-state index contributed by atoms with van der Waals surface area (Å²) in [5, 5.41) is 21.1. The number of hydrogen-bond donors (Lipinski definition) is 4. The quantitative estimate of drug-likeness (QED) is 0.342. The van der Waals surface area contributed by atoms with E-state index in [1.807, 2.05) is 0 Å². The Kier molecular flexibility index (Phi) is 7.82. The van der Waals surface area contributed by atoms with Crippen LogP contribution < -0.4 is 16.4 Å². The summed E-state index contributed by atoms with van der Waals surface area (Å²) in [5.74, 6) is -5.74. The molecular weight excluding hydrogens is 563 g/mol. The van der Waals surface area contributed by atoms with Crippen LogP contribution in [-0.4, -0.2) is 65.5 Å². The highest BCUT2D eigenvalue weighted by atomic mass is 79.9. The highest BCUT2D eigenvalue weighted by Gasteiger charge is 2.44. The summed E-state index contributed by atoms with van der Waals surface area (Å²) < 4.78 is 63.0. The number of aryl methyl sites for hydroxylation is 1. The zero-order chi connectivity index (χ0) is 26.8. The van der Waals surface area contributed by atoms with Crippen molar-refractivity contribution in [1.29, 1.82) is 0 Å². The average molecular weight is 583 g/mol. The van der Waals surface area contributed by atoms with Crippen LogP contribution in [0, 0.1) is 0 Å². The lowest BCUT2D eigenvalue weighted by Crippen LogP contribution is -2.55. The monoisotopic (exact) mass is 582 g/mol. The van der Waals surface area contributed by atoms with Gasteiger partial charge < -0.3 is 21.5 Å². The van der Waals surface area contributed by atoms with Crippen molar-refractivity contribution in [2.24, 2.45) is 12.8 Å². The number of rotatable bonds is 4. The van der Waals surface area contributed by atoms with Gasteiger partial charge in [0.15, 0.2) is 10.3 Å². The number of anilines is 2. The first-order valence-electron chi connectivity index (χ1n) is 10.2. The number of nitrogens with one attached hydrogen (secondary N) is 2. The lowest BCUT2D eigenvalue weighted by molar-refractivity contribution is -0.192. The van der Waals surface area contributed by atoms with E-state index in [0.29, 0.717) is 34.6 Å². The van der Waals surface area contributed by atoms with Gasteiger partial charge in [-0.25, -0.2) is 23.1 Å². The second-order valence-electron chi connectivity index (χ2n) is 7.83. The summed E-state index contributed by atoms with van der Waals surface area (Å²) in [6.45, 7) is 0. The van der Waals surface area contributed by atoms with Crippen LogP contribution in [0.1, 0.15) is 29.6 Å². The van der Waals surface area contributed by atoms with Gasteiger partial charge in [-0.1, -0.05) is 0 Å². The van der Waals surface area contributed by atoms with E-state index in [-0.39, 0.29) is 12.0 Å². The molecule has 4 rings (SSSR count). The van der Waals surface area contributed by atoms with Crippen LogP contribution in [0.2, 0.25) is 0 Å². The Morgan fingerprint density at radius 3 is 2.58 bits per heavy atom. The first-order chi connectivity index (χ1) is 16.7. The molecule has 0 spiro atoms. The first-order valence-corrected chi connectivity index (χ1v) is 11.0. The molecule has 3 heterocycles. The van der Waals surface area contributed by atoms with Crippen LogP contribution in [0.15, 0.2) is 29.3 Å². The maximum Gasteiger partial charge on any atom is 0.490 e. The van der Waals surface area contributed by atoms with Gasteiger partial charge in [-0.3, -0.25) is 9.48 Å². The zero-order valence-corrected chi connectivity index (χ0v) is 20.0. The summed E-state index contributed by atoms with van der Waals surface area (Å²) in [5.41, 5.74) is 6.78.